The van der Waals surface area contributed by atoms with E-state index < -0.39 is 11.7 Å². The molecule has 0 spiro atoms. The van der Waals surface area contributed by atoms with Crippen LogP contribution in [0.5, 0.6) is 0 Å². The molecule has 3 aromatic rings. The smallest absolute Gasteiger partial charge is 0.257 e. The minimum Gasteiger partial charge on any atom is -0.332 e. The zero-order chi connectivity index (χ0) is 19.1. The molecule has 0 atom stereocenters. The SMILES string of the molecule is O=C(NC(=S)Nc1ccc(N=Nc2ccccc2)cc1)c1ccc(F)cc1. The number of halogens is 1. The highest BCUT2D eigenvalue weighted by Crippen LogP contribution is 2.20. The van der Waals surface area contributed by atoms with E-state index in [0.29, 0.717) is 16.9 Å². The Labute approximate surface area is 161 Å². The van der Waals surface area contributed by atoms with Crippen LogP contribution in [-0.2, 0) is 0 Å². The number of nitrogens with one attached hydrogen (secondary N) is 2. The van der Waals surface area contributed by atoms with E-state index in [1.807, 2.05) is 30.3 Å². The van der Waals surface area contributed by atoms with E-state index in [-0.39, 0.29) is 5.11 Å². The molecule has 0 radical (unpaired) electrons. The second-order valence-corrected chi connectivity index (χ2v) is 5.91. The van der Waals surface area contributed by atoms with Crippen molar-refractivity contribution < 1.29 is 9.18 Å². The van der Waals surface area contributed by atoms with Crippen LogP contribution in [-0.4, -0.2) is 11.0 Å². The summed E-state index contributed by atoms with van der Waals surface area (Å²) in [6.45, 7) is 0. The van der Waals surface area contributed by atoms with E-state index in [4.69, 9.17) is 12.2 Å². The van der Waals surface area contributed by atoms with Crippen LogP contribution in [0.3, 0.4) is 0 Å². The van der Waals surface area contributed by atoms with Gasteiger partial charge in [0.05, 0.1) is 11.4 Å². The molecule has 0 saturated carbocycles. The predicted molar refractivity (Wildman–Crippen MR) is 107 cm³/mol. The second kappa shape index (κ2) is 8.77. The number of thiocarbonyl (C=S) groups is 1. The van der Waals surface area contributed by atoms with Crippen molar-refractivity contribution in [1.29, 1.82) is 0 Å². The van der Waals surface area contributed by atoms with Gasteiger partial charge in [0, 0.05) is 11.3 Å². The molecule has 0 saturated heterocycles. The first kappa shape index (κ1) is 18.3. The lowest BCUT2D eigenvalue weighted by Gasteiger charge is -2.09. The number of hydrogen-bond acceptors (Lipinski definition) is 4. The van der Waals surface area contributed by atoms with Crippen LogP contribution in [0.4, 0.5) is 21.5 Å². The van der Waals surface area contributed by atoms with Crippen molar-refractivity contribution >= 4 is 40.3 Å². The molecule has 134 valence electrons. The highest BCUT2D eigenvalue weighted by atomic mass is 32.1. The molecule has 0 aliphatic rings. The average molecular weight is 378 g/mol. The average Bonchev–Trinajstić information content (AvgIpc) is 2.68. The lowest BCUT2D eigenvalue weighted by Crippen LogP contribution is -2.34. The first-order valence-corrected chi connectivity index (χ1v) is 8.46. The molecule has 0 bridgehead atoms. The molecule has 0 aliphatic heterocycles. The summed E-state index contributed by atoms with van der Waals surface area (Å²) in [5, 5.41) is 13.9. The number of nitrogens with zero attached hydrogens (tertiary/aromatic N) is 2. The van der Waals surface area contributed by atoms with Gasteiger partial charge >= 0.3 is 0 Å². The summed E-state index contributed by atoms with van der Waals surface area (Å²) in [4.78, 5) is 12.0. The zero-order valence-corrected chi connectivity index (χ0v) is 14.9. The summed E-state index contributed by atoms with van der Waals surface area (Å²) >= 11 is 5.13. The number of anilines is 1. The van der Waals surface area contributed by atoms with Gasteiger partial charge in [0.1, 0.15) is 5.82 Å². The van der Waals surface area contributed by atoms with Gasteiger partial charge < -0.3 is 5.32 Å². The summed E-state index contributed by atoms with van der Waals surface area (Å²) < 4.78 is 12.9. The number of benzene rings is 3. The zero-order valence-electron chi connectivity index (χ0n) is 14.1. The maximum atomic E-state index is 12.9. The Balaban J connectivity index is 1.56. The lowest BCUT2D eigenvalue weighted by molar-refractivity contribution is 0.0977. The Kier molecular flexibility index (Phi) is 5.96. The van der Waals surface area contributed by atoms with Gasteiger partial charge in [0.25, 0.3) is 5.91 Å². The maximum Gasteiger partial charge on any atom is 0.257 e. The quantitative estimate of drug-likeness (QED) is 0.474. The third-order valence-electron chi connectivity index (χ3n) is 3.50. The highest BCUT2D eigenvalue weighted by molar-refractivity contribution is 7.80. The van der Waals surface area contributed by atoms with Gasteiger partial charge in [-0.3, -0.25) is 10.1 Å². The Morgan fingerprint density at radius 1 is 0.815 bits per heavy atom. The lowest BCUT2D eigenvalue weighted by atomic mass is 10.2. The van der Waals surface area contributed by atoms with Crippen LogP contribution in [0.25, 0.3) is 0 Å². The van der Waals surface area contributed by atoms with Crippen molar-refractivity contribution in [2.75, 3.05) is 5.32 Å². The molecule has 3 rings (SSSR count). The van der Waals surface area contributed by atoms with Crippen molar-refractivity contribution in [3.63, 3.8) is 0 Å². The van der Waals surface area contributed by atoms with E-state index in [0.717, 1.165) is 5.69 Å². The fraction of sp³-hybridized carbons (Fsp3) is 0. The maximum absolute atomic E-state index is 12.9. The molecule has 0 aliphatic carbocycles. The van der Waals surface area contributed by atoms with Gasteiger partial charge in [-0.15, -0.1) is 0 Å². The molecular weight excluding hydrogens is 363 g/mol. The third-order valence-corrected chi connectivity index (χ3v) is 3.70. The van der Waals surface area contributed by atoms with Gasteiger partial charge in [-0.2, -0.15) is 10.2 Å². The largest absolute Gasteiger partial charge is 0.332 e. The summed E-state index contributed by atoms with van der Waals surface area (Å²) in [6, 6.07) is 21.7. The number of rotatable bonds is 4. The molecule has 1 amide bonds. The van der Waals surface area contributed by atoms with Gasteiger partial charge in [-0.25, -0.2) is 4.39 Å². The molecule has 0 aromatic heterocycles. The molecule has 27 heavy (non-hydrogen) atoms. The van der Waals surface area contributed by atoms with E-state index in [1.54, 1.807) is 24.3 Å². The van der Waals surface area contributed by atoms with E-state index in [2.05, 4.69) is 20.9 Å². The second-order valence-electron chi connectivity index (χ2n) is 5.50. The molecule has 3 aromatic carbocycles. The van der Waals surface area contributed by atoms with Crippen LogP contribution in [0.15, 0.2) is 89.1 Å². The van der Waals surface area contributed by atoms with Crippen LogP contribution in [0.2, 0.25) is 0 Å². The van der Waals surface area contributed by atoms with Crippen molar-refractivity contribution in [3.05, 3.63) is 90.2 Å². The normalized spacial score (nSPS) is 10.6. The number of hydrogen-bond donors (Lipinski definition) is 2. The first-order chi connectivity index (χ1) is 13.1. The van der Waals surface area contributed by atoms with Crippen molar-refractivity contribution in [2.45, 2.75) is 0 Å². The molecule has 2 N–H and O–H groups in total. The Hall–Kier alpha value is -3.45. The number of amides is 1. The summed E-state index contributed by atoms with van der Waals surface area (Å²) in [6.07, 6.45) is 0. The van der Waals surface area contributed by atoms with Crippen molar-refractivity contribution in [2.24, 2.45) is 10.2 Å². The standard InChI is InChI=1S/C20H15FN4OS/c21-15-8-6-14(7-9-15)19(26)23-20(27)22-16-10-12-18(13-11-16)25-24-17-4-2-1-3-5-17/h1-13H,(H2,22,23,26,27). The number of azo groups is 1. The third kappa shape index (κ3) is 5.52. The van der Waals surface area contributed by atoms with Crippen LogP contribution >= 0.6 is 12.2 Å². The van der Waals surface area contributed by atoms with Crippen LogP contribution < -0.4 is 10.6 Å². The topological polar surface area (TPSA) is 65.8 Å². The summed E-state index contributed by atoms with van der Waals surface area (Å²) in [7, 11) is 0. The molecule has 0 unspecified atom stereocenters. The number of carbonyl (C=O) groups excluding carboxylic acids is 1. The predicted octanol–water partition coefficient (Wildman–Crippen LogP) is 5.37. The first-order valence-electron chi connectivity index (χ1n) is 8.05. The minimum atomic E-state index is -0.416. The van der Waals surface area contributed by atoms with Gasteiger partial charge in [0.15, 0.2) is 5.11 Å². The van der Waals surface area contributed by atoms with Gasteiger partial charge in [-0.1, -0.05) is 18.2 Å². The van der Waals surface area contributed by atoms with Gasteiger partial charge in [0.2, 0.25) is 0 Å². The fourth-order valence-corrected chi connectivity index (χ4v) is 2.37. The number of carbonyl (C=O) groups is 1. The summed E-state index contributed by atoms with van der Waals surface area (Å²) in [5.41, 5.74) is 2.46. The highest BCUT2D eigenvalue weighted by Gasteiger charge is 2.08. The van der Waals surface area contributed by atoms with Crippen LogP contribution in [0.1, 0.15) is 10.4 Å². The summed E-state index contributed by atoms with van der Waals surface area (Å²) in [5.74, 6) is -0.822. The van der Waals surface area contributed by atoms with Crippen molar-refractivity contribution in [3.8, 4) is 0 Å². The fourth-order valence-electron chi connectivity index (χ4n) is 2.16. The monoisotopic (exact) mass is 378 g/mol. The molecule has 0 heterocycles. The van der Waals surface area contributed by atoms with E-state index >= 15 is 0 Å². The Morgan fingerprint density at radius 3 is 2.04 bits per heavy atom. The minimum absolute atomic E-state index is 0.142. The molecule has 0 fully saturated rings. The van der Waals surface area contributed by atoms with Gasteiger partial charge in [-0.05, 0) is 72.9 Å². The van der Waals surface area contributed by atoms with E-state index in [1.165, 1.54) is 24.3 Å². The van der Waals surface area contributed by atoms with Crippen molar-refractivity contribution in [1.82, 2.24) is 5.32 Å². The molecular formula is C20H15FN4OS. The van der Waals surface area contributed by atoms with Crippen LogP contribution in [0, 0.1) is 5.82 Å². The molecule has 5 nitrogen and oxygen atoms in total. The molecule has 7 heteroatoms. The Morgan fingerprint density at radius 2 is 1.41 bits per heavy atom. The Bertz CT molecular complexity index is 958. The van der Waals surface area contributed by atoms with E-state index in [9.17, 15) is 9.18 Å².